The van der Waals surface area contributed by atoms with Crippen LogP contribution in [0.5, 0.6) is 0 Å². The minimum absolute atomic E-state index is 0.0399. The minimum atomic E-state index is -0.862. The topological polar surface area (TPSA) is 84.2 Å². The van der Waals surface area contributed by atoms with E-state index in [0.29, 0.717) is 0 Å². The molecule has 0 saturated carbocycles. The lowest BCUT2D eigenvalue weighted by Gasteiger charge is -2.25. The largest absolute Gasteiger partial charge is 0.351 e. The summed E-state index contributed by atoms with van der Waals surface area (Å²) < 4.78 is 0.993. The third-order valence-electron chi connectivity index (χ3n) is 3.69. The van der Waals surface area contributed by atoms with Gasteiger partial charge in [0.2, 0.25) is 5.91 Å². The fourth-order valence-corrected chi connectivity index (χ4v) is 2.77. The van der Waals surface area contributed by atoms with Crippen molar-refractivity contribution in [1.82, 2.24) is 10.6 Å². The molecule has 0 aromatic heterocycles. The lowest BCUT2D eigenvalue weighted by Crippen LogP contribution is -2.43. The molecule has 24 heavy (non-hydrogen) atoms. The maximum absolute atomic E-state index is 12.4. The van der Waals surface area contributed by atoms with Gasteiger partial charge in [-0.2, -0.15) is 0 Å². The van der Waals surface area contributed by atoms with Crippen molar-refractivity contribution in [3.8, 4) is 0 Å². The van der Waals surface area contributed by atoms with Crippen LogP contribution in [-0.2, 0) is 4.79 Å². The van der Waals surface area contributed by atoms with Crippen molar-refractivity contribution in [2.24, 2.45) is 5.73 Å². The van der Waals surface area contributed by atoms with Crippen LogP contribution in [0.3, 0.4) is 0 Å². The Hall–Kier alpha value is -2.18. The quantitative estimate of drug-likeness (QED) is 0.707. The molecule has 0 unspecified atom stereocenters. The lowest BCUT2D eigenvalue weighted by molar-refractivity contribution is -0.122. The first-order valence-corrected chi connectivity index (χ1v) is 8.47. The average Bonchev–Trinajstić information content (AvgIpc) is 2.57. The Balaban J connectivity index is 2.27. The molecule has 126 valence electrons. The summed E-state index contributed by atoms with van der Waals surface area (Å²) in [6, 6.07) is 15.6. The van der Waals surface area contributed by atoms with Gasteiger partial charge in [-0.3, -0.25) is 15.4 Å². The number of hydrogen-bond donors (Lipinski definition) is 3. The number of halogens is 1. The Bertz CT molecular complexity index is 689. The van der Waals surface area contributed by atoms with Crippen LogP contribution in [0.25, 0.3) is 0 Å². The van der Waals surface area contributed by atoms with Crippen LogP contribution in [0.1, 0.15) is 36.6 Å². The average molecular weight is 390 g/mol. The van der Waals surface area contributed by atoms with E-state index in [1.807, 2.05) is 61.5 Å². The molecule has 2 aromatic rings. The molecule has 3 amide bonds. The van der Waals surface area contributed by atoms with E-state index in [1.165, 1.54) is 0 Å². The minimum Gasteiger partial charge on any atom is -0.351 e. The van der Waals surface area contributed by atoms with Gasteiger partial charge in [-0.25, -0.2) is 4.79 Å². The molecule has 0 heterocycles. The van der Waals surface area contributed by atoms with Gasteiger partial charge in [0, 0.05) is 10.5 Å². The zero-order chi connectivity index (χ0) is 17.5. The molecule has 0 bridgehead atoms. The Kier molecular flexibility index (Phi) is 6.52. The fourth-order valence-electron chi connectivity index (χ4n) is 2.51. The molecule has 0 aliphatic rings. The van der Waals surface area contributed by atoms with Gasteiger partial charge in [-0.1, -0.05) is 65.3 Å². The summed E-state index contributed by atoms with van der Waals surface area (Å²) >= 11 is 3.42. The number of hydrogen-bond acceptors (Lipinski definition) is 3. The molecule has 0 aliphatic carbocycles. The summed E-state index contributed by atoms with van der Waals surface area (Å²) in [5.41, 5.74) is 6.93. The van der Waals surface area contributed by atoms with Gasteiger partial charge in [-0.15, -0.1) is 0 Å². The summed E-state index contributed by atoms with van der Waals surface area (Å²) in [5.74, 6) is -0.468. The van der Waals surface area contributed by atoms with E-state index in [9.17, 15) is 9.59 Å². The summed E-state index contributed by atoms with van der Waals surface area (Å²) in [4.78, 5) is 23.5. The lowest BCUT2D eigenvalue weighted by atomic mass is 10.00. The third-order valence-corrected chi connectivity index (χ3v) is 4.22. The van der Waals surface area contributed by atoms with E-state index in [4.69, 9.17) is 5.73 Å². The monoisotopic (exact) mass is 389 g/mol. The molecule has 2 rings (SSSR count). The number of carbonyl (C=O) groups is 2. The Labute approximate surface area is 149 Å². The van der Waals surface area contributed by atoms with Crippen LogP contribution in [0, 0.1) is 0 Å². The molecular weight excluding hydrogens is 370 g/mol. The van der Waals surface area contributed by atoms with Crippen LogP contribution >= 0.6 is 15.9 Å². The smallest absolute Gasteiger partial charge is 0.318 e. The van der Waals surface area contributed by atoms with Gasteiger partial charge in [0.15, 0.2) is 0 Å². The van der Waals surface area contributed by atoms with Crippen molar-refractivity contribution in [3.63, 3.8) is 0 Å². The van der Waals surface area contributed by atoms with Gasteiger partial charge in [-0.05, 0) is 29.7 Å². The van der Waals surface area contributed by atoms with E-state index in [-0.39, 0.29) is 6.04 Å². The normalized spacial score (nSPS) is 13.1. The van der Waals surface area contributed by atoms with Gasteiger partial charge in [0.25, 0.3) is 0 Å². The second-order valence-electron chi connectivity index (χ2n) is 5.38. The molecule has 0 fully saturated rings. The molecule has 0 aliphatic heterocycles. The van der Waals surface area contributed by atoms with Crippen LogP contribution in [0.4, 0.5) is 4.79 Å². The number of benzene rings is 2. The van der Waals surface area contributed by atoms with Gasteiger partial charge in [0.1, 0.15) is 6.04 Å². The molecule has 0 radical (unpaired) electrons. The van der Waals surface area contributed by atoms with Gasteiger partial charge < -0.3 is 5.73 Å². The molecule has 2 atom stereocenters. The maximum Gasteiger partial charge on any atom is 0.318 e. The molecule has 5 nitrogen and oxygen atoms in total. The summed E-state index contributed by atoms with van der Waals surface area (Å²) in [6.07, 6.45) is 0.787. The highest BCUT2D eigenvalue weighted by molar-refractivity contribution is 9.10. The van der Waals surface area contributed by atoms with Crippen molar-refractivity contribution in [2.45, 2.75) is 25.4 Å². The molecule has 2 aromatic carbocycles. The number of amides is 3. The number of nitrogens with two attached hydrogens (primary N) is 1. The number of rotatable bonds is 6. The zero-order valence-corrected chi connectivity index (χ0v) is 14.9. The van der Waals surface area contributed by atoms with Crippen LogP contribution in [0.2, 0.25) is 0 Å². The van der Waals surface area contributed by atoms with Crippen LogP contribution in [-0.4, -0.2) is 11.9 Å². The predicted molar refractivity (Wildman–Crippen MR) is 97.2 cm³/mol. The van der Waals surface area contributed by atoms with Gasteiger partial charge >= 0.3 is 6.03 Å². The SMILES string of the molecule is CC[C@H](N[C@H](C(=O)NC(N)=O)c1ccccc1)c1ccc(Br)cc1. The summed E-state index contributed by atoms with van der Waals surface area (Å²) in [5, 5.41) is 5.49. The fraction of sp³-hybridized carbons (Fsp3) is 0.222. The molecule has 4 N–H and O–H groups in total. The van der Waals surface area contributed by atoms with Crippen molar-refractivity contribution < 1.29 is 9.59 Å². The number of carbonyl (C=O) groups excluding carboxylic acids is 2. The molecular formula is C18H20BrN3O2. The number of nitrogens with one attached hydrogen (secondary N) is 2. The van der Waals surface area contributed by atoms with Gasteiger partial charge in [0.05, 0.1) is 0 Å². The zero-order valence-electron chi connectivity index (χ0n) is 13.3. The second kappa shape index (κ2) is 8.61. The van der Waals surface area contributed by atoms with Crippen LogP contribution < -0.4 is 16.4 Å². The Morgan fingerprint density at radius 1 is 1.04 bits per heavy atom. The summed E-state index contributed by atoms with van der Waals surface area (Å²) in [7, 11) is 0. The summed E-state index contributed by atoms with van der Waals surface area (Å²) in [6.45, 7) is 2.04. The third kappa shape index (κ3) is 4.91. The standard InChI is InChI=1S/C18H20BrN3O2/c1-2-15(12-8-10-14(19)11-9-12)21-16(17(23)22-18(20)24)13-6-4-3-5-7-13/h3-11,15-16,21H,2H2,1H3,(H3,20,22,23,24)/t15-,16-/m0/s1. The molecule has 0 saturated heterocycles. The van der Waals surface area contributed by atoms with E-state index < -0.39 is 18.0 Å². The van der Waals surface area contributed by atoms with E-state index in [1.54, 1.807) is 0 Å². The Morgan fingerprint density at radius 2 is 1.67 bits per heavy atom. The first-order valence-electron chi connectivity index (χ1n) is 7.68. The van der Waals surface area contributed by atoms with E-state index in [2.05, 4.69) is 26.6 Å². The Morgan fingerprint density at radius 3 is 2.21 bits per heavy atom. The molecule has 6 heteroatoms. The number of urea groups is 1. The van der Waals surface area contributed by atoms with Crippen molar-refractivity contribution in [3.05, 3.63) is 70.2 Å². The number of primary amides is 1. The van der Waals surface area contributed by atoms with E-state index >= 15 is 0 Å². The van der Waals surface area contributed by atoms with Crippen LogP contribution in [0.15, 0.2) is 59.1 Å². The van der Waals surface area contributed by atoms with Crippen molar-refractivity contribution >= 4 is 27.9 Å². The first-order chi connectivity index (χ1) is 11.5. The highest BCUT2D eigenvalue weighted by Crippen LogP contribution is 2.24. The number of imide groups is 1. The van der Waals surface area contributed by atoms with Crippen molar-refractivity contribution in [1.29, 1.82) is 0 Å². The predicted octanol–water partition coefficient (Wildman–Crippen LogP) is 3.43. The second-order valence-corrected chi connectivity index (χ2v) is 6.29. The van der Waals surface area contributed by atoms with E-state index in [0.717, 1.165) is 22.0 Å². The first kappa shape index (κ1) is 18.2. The highest BCUT2D eigenvalue weighted by Gasteiger charge is 2.24. The highest BCUT2D eigenvalue weighted by atomic mass is 79.9. The maximum atomic E-state index is 12.4. The molecule has 0 spiro atoms. The van der Waals surface area contributed by atoms with Crippen molar-refractivity contribution in [2.75, 3.05) is 0 Å².